The quantitative estimate of drug-likeness (QED) is 0.183. The largest absolute Gasteiger partial charge is 0.507 e. The molecule has 3 aromatic rings. The summed E-state index contributed by atoms with van der Waals surface area (Å²) in [4.78, 5) is 24.5. The average molecular weight is 537 g/mol. The van der Waals surface area contributed by atoms with Gasteiger partial charge in [0.15, 0.2) is 5.78 Å². The Morgan fingerprint density at radius 1 is 1.00 bits per heavy atom. The van der Waals surface area contributed by atoms with Gasteiger partial charge in [-0.15, -0.1) is 0 Å². The first-order valence-corrected chi connectivity index (χ1v) is 12.9. The van der Waals surface area contributed by atoms with E-state index < -0.39 is 17.5 Å². The van der Waals surface area contributed by atoms with Crippen LogP contribution in [0.3, 0.4) is 0 Å². The number of carboxylic acid groups (broad SMARTS) is 1. The first-order chi connectivity index (χ1) is 18.5. The topological polar surface area (TPSA) is 161 Å². The Morgan fingerprint density at radius 2 is 1.74 bits per heavy atom. The van der Waals surface area contributed by atoms with Crippen molar-refractivity contribution in [1.29, 1.82) is 0 Å². The molecule has 1 aliphatic rings. The number of ether oxygens (including phenoxy) is 2. The number of aliphatic hydroxyl groups is 1. The number of carboxylic acids is 1. The minimum absolute atomic E-state index is 0.0593. The van der Waals surface area contributed by atoms with E-state index in [-0.39, 0.29) is 53.7 Å². The summed E-state index contributed by atoms with van der Waals surface area (Å²) in [5.74, 6) is -0.808. The molecular weight excluding hydrogens is 502 g/mol. The minimum Gasteiger partial charge on any atom is -0.507 e. The summed E-state index contributed by atoms with van der Waals surface area (Å²) >= 11 is 0. The van der Waals surface area contributed by atoms with Crippen LogP contribution in [-0.2, 0) is 23.5 Å². The van der Waals surface area contributed by atoms with Crippen molar-refractivity contribution in [3.8, 4) is 23.0 Å². The molecule has 1 fully saturated rings. The molecular formula is C30H34NO8+. The Labute approximate surface area is 226 Å². The monoisotopic (exact) mass is 536 g/mol. The van der Waals surface area contributed by atoms with Gasteiger partial charge in [-0.1, -0.05) is 6.07 Å². The third kappa shape index (κ3) is 7.07. The van der Waals surface area contributed by atoms with Gasteiger partial charge in [0.05, 0.1) is 17.2 Å². The molecule has 0 saturated heterocycles. The molecule has 0 amide bonds. The molecule has 0 bridgehead atoms. The zero-order chi connectivity index (χ0) is 28.2. The number of ketones is 1. The first-order valence-electron chi connectivity index (χ1n) is 12.9. The van der Waals surface area contributed by atoms with Gasteiger partial charge in [0, 0.05) is 25.0 Å². The highest BCUT2D eigenvalue weighted by Crippen LogP contribution is 2.31. The second-order valence-corrected chi connectivity index (χ2v) is 10.2. The van der Waals surface area contributed by atoms with Crippen LogP contribution >= 0.6 is 0 Å². The smallest absolute Gasteiger partial charge is 0.303 e. The number of aliphatic carboxylic acids is 1. The second kappa shape index (κ2) is 11.8. The minimum atomic E-state index is -1.45. The van der Waals surface area contributed by atoms with Crippen LogP contribution in [0, 0.1) is 0 Å². The lowest BCUT2D eigenvalue weighted by Gasteiger charge is -2.17. The second-order valence-electron chi connectivity index (χ2n) is 10.2. The molecule has 0 radical (unpaired) electrons. The van der Waals surface area contributed by atoms with Crippen molar-refractivity contribution in [2.45, 2.75) is 63.9 Å². The van der Waals surface area contributed by atoms with Gasteiger partial charge in [-0.25, -0.2) is 0 Å². The average Bonchev–Trinajstić information content (AvgIpc) is 3.38. The Bertz CT molecular complexity index is 1360. The van der Waals surface area contributed by atoms with E-state index in [2.05, 4.69) is 5.73 Å². The predicted octanol–water partition coefficient (Wildman–Crippen LogP) is 3.65. The molecule has 0 spiro atoms. The maximum absolute atomic E-state index is 13.2. The van der Waals surface area contributed by atoms with Crippen molar-refractivity contribution in [3.05, 3.63) is 82.4 Å². The van der Waals surface area contributed by atoms with E-state index in [4.69, 9.17) is 9.47 Å². The van der Waals surface area contributed by atoms with Crippen LogP contribution in [0.1, 0.15) is 71.6 Å². The van der Waals surface area contributed by atoms with Crippen LogP contribution in [0.25, 0.3) is 0 Å². The van der Waals surface area contributed by atoms with Crippen molar-refractivity contribution >= 4 is 11.8 Å². The number of hydrogen-bond acceptors (Lipinski definition) is 7. The number of hydrogen-bond donors (Lipinski definition) is 5. The van der Waals surface area contributed by atoms with Crippen LogP contribution < -0.4 is 15.2 Å². The third-order valence-electron chi connectivity index (χ3n) is 6.79. The predicted molar refractivity (Wildman–Crippen MR) is 142 cm³/mol. The lowest BCUT2D eigenvalue weighted by Crippen LogP contribution is -2.68. The standard InChI is InChI=1S/C30H33NO8/c1-30(31,37)24-11-6-18(14-26(24)33)17-38-27-12-7-20(15-19(27)8-13-28(34)35)29(36)23-10-9-22(16-25(23)32)39-21-4-2-3-5-21/h6-7,9-12,14-16,21,32-33,37H,2-5,8,13,17,31H2,1H3,(H,34,35)/p+1. The van der Waals surface area contributed by atoms with Crippen LogP contribution in [0.5, 0.6) is 23.0 Å². The number of quaternary nitrogens is 1. The van der Waals surface area contributed by atoms with E-state index in [1.54, 1.807) is 36.4 Å². The van der Waals surface area contributed by atoms with Crippen LogP contribution in [0.4, 0.5) is 0 Å². The Balaban J connectivity index is 1.52. The van der Waals surface area contributed by atoms with E-state index in [9.17, 15) is 30.0 Å². The number of benzene rings is 3. The lowest BCUT2D eigenvalue weighted by molar-refractivity contribution is -0.553. The number of carbonyl (C=O) groups excluding carboxylic acids is 1. The molecule has 0 aliphatic heterocycles. The van der Waals surface area contributed by atoms with E-state index in [1.165, 1.54) is 25.1 Å². The molecule has 1 unspecified atom stereocenters. The van der Waals surface area contributed by atoms with Gasteiger partial charge in [0.2, 0.25) is 5.72 Å². The van der Waals surface area contributed by atoms with E-state index in [0.717, 1.165) is 25.7 Å². The molecule has 7 N–H and O–H groups in total. The molecule has 0 heterocycles. The molecule has 0 aromatic heterocycles. The zero-order valence-corrected chi connectivity index (χ0v) is 21.9. The molecule has 1 saturated carbocycles. The first kappa shape index (κ1) is 27.9. The zero-order valence-electron chi connectivity index (χ0n) is 21.9. The molecule has 1 aliphatic carbocycles. The number of phenolic OH excluding ortho intramolecular Hbond substituents is 2. The SMILES string of the molecule is CC([NH3+])(O)c1ccc(COc2ccc(C(=O)c3ccc(OC4CCCC4)cc3O)cc2CCC(=O)O)cc1O. The normalized spacial score (nSPS) is 15.1. The number of carbonyl (C=O) groups is 2. The van der Waals surface area contributed by atoms with Crippen LogP contribution in [-0.4, -0.2) is 38.3 Å². The maximum Gasteiger partial charge on any atom is 0.303 e. The van der Waals surface area contributed by atoms with E-state index >= 15 is 0 Å². The van der Waals surface area contributed by atoms with Crippen LogP contribution in [0.2, 0.25) is 0 Å². The molecule has 206 valence electrons. The Morgan fingerprint density at radius 3 is 2.38 bits per heavy atom. The molecule has 4 rings (SSSR count). The lowest BCUT2D eigenvalue weighted by atomic mass is 9.98. The Hall–Kier alpha value is -4.08. The highest BCUT2D eigenvalue weighted by molar-refractivity contribution is 6.11. The van der Waals surface area contributed by atoms with Gasteiger partial charge >= 0.3 is 5.97 Å². The fourth-order valence-corrected chi connectivity index (χ4v) is 4.71. The summed E-state index contributed by atoms with van der Waals surface area (Å²) in [6, 6.07) is 14.1. The summed E-state index contributed by atoms with van der Waals surface area (Å²) < 4.78 is 11.8. The fourth-order valence-electron chi connectivity index (χ4n) is 4.71. The van der Waals surface area contributed by atoms with Crippen molar-refractivity contribution in [1.82, 2.24) is 0 Å². The van der Waals surface area contributed by atoms with Gasteiger partial charge in [0.1, 0.15) is 29.6 Å². The molecule has 1 atom stereocenters. The number of phenols is 2. The fraction of sp³-hybridized carbons (Fsp3) is 0.333. The summed E-state index contributed by atoms with van der Waals surface area (Å²) in [6.07, 6.45) is 4.26. The van der Waals surface area contributed by atoms with Crippen molar-refractivity contribution in [2.24, 2.45) is 0 Å². The molecule has 9 nitrogen and oxygen atoms in total. The number of aryl methyl sites for hydroxylation is 1. The molecule has 9 heteroatoms. The van der Waals surface area contributed by atoms with Gasteiger partial charge in [-0.05, 0) is 85.7 Å². The van der Waals surface area contributed by atoms with Crippen LogP contribution in [0.15, 0.2) is 54.6 Å². The third-order valence-corrected chi connectivity index (χ3v) is 6.79. The van der Waals surface area contributed by atoms with E-state index in [1.807, 2.05) is 0 Å². The highest BCUT2D eigenvalue weighted by atomic mass is 16.5. The summed E-state index contributed by atoms with van der Waals surface area (Å²) in [7, 11) is 0. The summed E-state index contributed by atoms with van der Waals surface area (Å²) in [5.41, 5.74) is 3.97. The van der Waals surface area contributed by atoms with E-state index in [0.29, 0.717) is 22.6 Å². The summed E-state index contributed by atoms with van der Waals surface area (Å²) in [6.45, 7) is 1.53. The van der Waals surface area contributed by atoms with Crippen molar-refractivity contribution in [2.75, 3.05) is 0 Å². The maximum atomic E-state index is 13.2. The van der Waals surface area contributed by atoms with Crippen molar-refractivity contribution < 1.29 is 45.2 Å². The highest BCUT2D eigenvalue weighted by Gasteiger charge is 2.25. The van der Waals surface area contributed by atoms with Gasteiger partial charge in [0.25, 0.3) is 0 Å². The summed E-state index contributed by atoms with van der Waals surface area (Å²) in [5, 5.41) is 40.1. The van der Waals surface area contributed by atoms with Gasteiger partial charge < -0.3 is 35.6 Å². The Kier molecular flexibility index (Phi) is 8.42. The molecule has 3 aromatic carbocycles. The molecule has 39 heavy (non-hydrogen) atoms. The van der Waals surface area contributed by atoms with Gasteiger partial charge in [-0.2, -0.15) is 0 Å². The van der Waals surface area contributed by atoms with Crippen molar-refractivity contribution in [3.63, 3.8) is 0 Å². The number of rotatable bonds is 11. The number of aromatic hydroxyl groups is 2. The van der Waals surface area contributed by atoms with Gasteiger partial charge in [-0.3, -0.25) is 9.59 Å².